The monoisotopic (exact) mass is 381 g/mol. The average molecular weight is 382 g/mol. The molecule has 3 rings (SSSR count). The molecule has 0 saturated carbocycles. The number of fused-ring (bicyclic) bond motifs is 1. The summed E-state index contributed by atoms with van der Waals surface area (Å²) in [6, 6.07) is 17.3. The van der Waals surface area contributed by atoms with Gasteiger partial charge in [0.2, 0.25) is 0 Å². The van der Waals surface area contributed by atoms with Gasteiger partial charge < -0.3 is 4.74 Å². The standard InChI is InChI=1S/C23H24ClNO2/c1-14(2)16-8-10-18(11-9-16)25-23(26)27-19-12-17-6-5-7-21(24)22(17)20(13-19)15(3)4/h5-15H,1-4H3,(H,25,26). The van der Waals surface area contributed by atoms with Crippen LogP contribution in [0.5, 0.6) is 5.75 Å². The topological polar surface area (TPSA) is 38.3 Å². The van der Waals surface area contributed by atoms with Crippen LogP contribution in [0.1, 0.15) is 50.7 Å². The van der Waals surface area contributed by atoms with E-state index in [1.54, 1.807) is 0 Å². The van der Waals surface area contributed by atoms with Gasteiger partial charge in [-0.1, -0.05) is 63.6 Å². The number of ether oxygens (including phenoxy) is 1. The number of halogens is 1. The highest BCUT2D eigenvalue weighted by Crippen LogP contribution is 2.35. The van der Waals surface area contributed by atoms with Crippen LogP contribution in [0.25, 0.3) is 10.8 Å². The summed E-state index contributed by atoms with van der Waals surface area (Å²) in [7, 11) is 0. The van der Waals surface area contributed by atoms with Gasteiger partial charge in [-0.3, -0.25) is 5.32 Å². The number of carbonyl (C=O) groups excluding carboxylic acids is 1. The summed E-state index contributed by atoms with van der Waals surface area (Å²) in [6.07, 6.45) is -0.511. The van der Waals surface area contributed by atoms with E-state index < -0.39 is 6.09 Å². The molecule has 1 amide bonds. The summed E-state index contributed by atoms with van der Waals surface area (Å²) in [6.45, 7) is 8.46. The number of rotatable bonds is 4. The molecule has 27 heavy (non-hydrogen) atoms. The van der Waals surface area contributed by atoms with Crippen LogP contribution in [0, 0.1) is 0 Å². The van der Waals surface area contributed by atoms with Crippen molar-refractivity contribution < 1.29 is 9.53 Å². The predicted octanol–water partition coefficient (Wildman–Crippen LogP) is 7.35. The van der Waals surface area contributed by atoms with Crippen LogP contribution < -0.4 is 10.1 Å². The van der Waals surface area contributed by atoms with Gasteiger partial charge in [-0.2, -0.15) is 0 Å². The Morgan fingerprint density at radius 1 is 0.963 bits per heavy atom. The predicted molar refractivity (Wildman–Crippen MR) is 113 cm³/mol. The average Bonchev–Trinajstić information content (AvgIpc) is 2.61. The van der Waals surface area contributed by atoms with Crippen LogP contribution in [-0.2, 0) is 0 Å². The third-order valence-corrected chi connectivity index (χ3v) is 4.90. The van der Waals surface area contributed by atoms with Gasteiger partial charge in [0.1, 0.15) is 5.75 Å². The van der Waals surface area contributed by atoms with Crippen LogP contribution in [0.3, 0.4) is 0 Å². The zero-order valence-electron chi connectivity index (χ0n) is 16.0. The molecule has 0 aliphatic carbocycles. The van der Waals surface area contributed by atoms with Crippen LogP contribution in [0.2, 0.25) is 5.02 Å². The minimum atomic E-state index is -0.511. The first-order valence-corrected chi connectivity index (χ1v) is 9.54. The van der Waals surface area contributed by atoms with Gasteiger partial charge in [-0.05, 0) is 58.7 Å². The molecule has 140 valence electrons. The van der Waals surface area contributed by atoms with Gasteiger partial charge in [-0.15, -0.1) is 0 Å². The Kier molecular flexibility index (Phi) is 5.71. The van der Waals surface area contributed by atoms with Gasteiger partial charge in [0.25, 0.3) is 0 Å². The Bertz CT molecular complexity index is 962. The quantitative estimate of drug-likeness (QED) is 0.513. The molecule has 3 aromatic carbocycles. The van der Waals surface area contributed by atoms with Crippen LogP contribution >= 0.6 is 11.6 Å². The van der Waals surface area contributed by atoms with Crippen molar-refractivity contribution in [3.05, 3.63) is 70.7 Å². The molecule has 0 bridgehead atoms. The minimum absolute atomic E-state index is 0.252. The van der Waals surface area contributed by atoms with Gasteiger partial charge in [0.15, 0.2) is 0 Å². The van der Waals surface area contributed by atoms with E-state index in [1.807, 2.05) is 54.6 Å². The van der Waals surface area contributed by atoms with Crippen molar-refractivity contribution in [3.63, 3.8) is 0 Å². The Morgan fingerprint density at radius 2 is 1.67 bits per heavy atom. The minimum Gasteiger partial charge on any atom is -0.410 e. The van der Waals surface area contributed by atoms with Crippen molar-refractivity contribution in [3.8, 4) is 5.75 Å². The zero-order chi connectivity index (χ0) is 19.6. The van der Waals surface area contributed by atoms with Crippen molar-refractivity contribution in [1.29, 1.82) is 0 Å². The number of anilines is 1. The fourth-order valence-corrected chi connectivity index (χ4v) is 3.39. The lowest BCUT2D eigenvalue weighted by atomic mass is 9.95. The zero-order valence-corrected chi connectivity index (χ0v) is 16.8. The van der Waals surface area contributed by atoms with E-state index in [1.165, 1.54) is 5.56 Å². The van der Waals surface area contributed by atoms with E-state index in [9.17, 15) is 4.79 Å². The fraction of sp³-hybridized carbons (Fsp3) is 0.261. The van der Waals surface area contributed by atoms with Crippen molar-refractivity contribution in [2.75, 3.05) is 5.32 Å². The SMILES string of the molecule is CC(C)c1ccc(NC(=O)Oc2cc(C(C)C)c3c(Cl)cccc3c2)cc1. The molecule has 0 aliphatic heterocycles. The molecular formula is C23H24ClNO2. The van der Waals surface area contributed by atoms with Crippen molar-refractivity contribution >= 4 is 34.2 Å². The molecular weight excluding hydrogens is 358 g/mol. The number of benzene rings is 3. The largest absolute Gasteiger partial charge is 0.417 e. The fourth-order valence-electron chi connectivity index (χ4n) is 3.10. The van der Waals surface area contributed by atoms with Crippen LogP contribution in [-0.4, -0.2) is 6.09 Å². The Morgan fingerprint density at radius 3 is 2.30 bits per heavy atom. The second-order valence-electron chi connectivity index (χ2n) is 7.30. The third kappa shape index (κ3) is 4.42. The number of nitrogens with one attached hydrogen (secondary N) is 1. The molecule has 0 aromatic heterocycles. The Hall–Kier alpha value is -2.52. The summed E-state index contributed by atoms with van der Waals surface area (Å²) in [5, 5.41) is 5.45. The second-order valence-corrected chi connectivity index (χ2v) is 7.70. The Balaban J connectivity index is 1.82. The van der Waals surface area contributed by atoms with E-state index in [0.29, 0.717) is 22.4 Å². The van der Waals surface area contributed by atoms with E-state index in [-0.39, 0.29) is 5.92 Å². The Labute approximate surface area is 165 Å². The van der Waals surface area contributed by atoms with Gasteiger partial charge in [0.05, 0.1) is 0 Å². The highest BCUT2D eigenvalue weighted by molar-refractivity contribution is 6.35. The number of hydrogen-bond acceptors (Lipinski definition) is 2. The first kappa shape index (κ1) is 19.2. The van der Waals surface area contributed by atoms with E-state index in [2.05, 4.69) is 33.0 Å². The summed E-state index contributed by atoms with van der Waals surface area (Å²) in [5.74, 6) is 1.21. The van der Waals surface area contributed by atoms with E-state index >= 15 is 0 Å². The van der Waals surface area contributed by atoms with Crippen molar-refractivity contribution in [2.24, 2.45) is 0 Å². The first-order chi connectivity index (χ1) is 12.8. The van der Waals surface area contributed by atoms with Crippen molar-refractivity contribution in [2.45, 2.75) is 39.5 Å². The lowest BCUT2D eigenvalue weighted by Crippen LogP contribution is -2.16. The highest BCUT2D eigenvalue weighted by atomic mass is 35.5. The highest BCUT2D eigenvalue weighted by Gasteiger charge is 2.13. The van der Waals surface area contributed by atoms with Crippen LogP contribution in [0.15, 0.2) is 54.6 Å². The molecule has 3 aromatic rings. The molecule has 0 atom stereocenters. The summed E-state index contributed by atoms with van der Waals surface area (Å²) >= 11 is 6.39. The molecule has 0 saturated heterocycles. The maximum Gasteiger partial charge on any atom is 0.417 e. The van der Waals surface area contributed by atoms with Gasteiger partial charge in [-0.25, -0.2) is 4.79 Å². The molecule has 3 nitrogen and oxygen atoms in total. The number of carbonyl (C=O) groups is 1. The summed E-state index contributed by atoms with van der Waals surface area (Å²) in [5.41, 5.74) is 2.99. The van der Waals surface area contributed by atoms with Crippen LogP contribution in [0.4, 0.5) is 10.5 Å². The lowest BCUT2D eigenvalue weighted by Gasteiger charge is -2.15. The van der Waals surface area contributed by atoms with E-state index in [0.717, 1.165) is 16.3 Å². The number of hydrogen-bond donors (Lipinski definition) is 1. The molecule has 0 unspecified atom stereocenters. The third-order valence-electron chi connectivity index (χ3n) is 4.59. The molecule has 0 fully saturated rings. The number of amides is 1. The molecule has 0 heterocycles. The second kappa shape index (κ2) is 8.01. The molecule has 1 N–H and O–H groups in total. The van der Waals surface area contributed by atoms with E-state index in [4.69, 9.17) is 16.3 Å². The van der Waals surface area contributed by atoms with Crippen molar-refractivity contribution in [1.82, 2.24) is 0 Å². The first-order valence-electron chi connectivity index (χ1n) is 9.16. The smallest absolute Gasteiger partial charge is 0.410 e. The van der Waals surface area contributed by atoms with Gasteiger partial charge in [0, 0.05) is 16.1 Å². The summed E-state index contributed by atoms with van der Waals surface area (Å²) in [4.78, 5) is 12.3. The molecule has 4 heteroatoms. The lowest BCUT2D eigenvalue weighted by molar-refractivity contribution is 0.215. The summed E-state index contributed by atoms with van der Waals surface area (Å²) < 4.78 is 5.54. The molecule has 0 radical (unpaired) electrons. The maximum absolute atomic E-state index is 12.3. The molecule has 0 spiro atoms. The van der Waals surface area contributed by atoms with Gasteiger partial charge >= 0.3 is 6.09 Å². The maximum atomic E-state index is 12.3. The molecule has 0 aliphatic rings. The normalized spacial score (nSPS) is 11.2.